The summed E-state index contributed by atoms with van der Waals surface area (Å²) in [6, 6.07) is 9.26. The minimum absolute atomic E-state index is 0.158. The van der Waals surface area contributed by atoms with E-state index in [9.17, 15) is 4.79 Å². The highest BCUT2D eigenvalue weighted by molar-refractivity contribution is 7.13. The van der Waals surface area contributed by atoms with Gasteiger partial charge in [-0.05, 0) is 6.07 Å². The second-order valence-electron chi connectivity index (χ2n) is 6.68. The van der Waals surface area contributed by atoms with Crippen molar-refractivity contribution in [3.63, 3.8) is 0 Å². The van der Waals surface area contributed by atoms with Gasteiger partial charge < -0.3 is 9.84 Å². The first-order chi connectivity index (χ1) is 11.8. The van der Waals surface area contributed by atoms with Gasteiger partial charge in [-0.25, -0.2) is 4.98 Å². The van der Waals surface area contributed by atoms with Crippen LogP contribution in [0.5, 0.6) is 0 Å². The fourth-order valence-electron chi connectivity index (χ4n) is 2.19. The third kappa shape index (κ3) is 4.27. The molecule has 5 nitrogen and oxygen atoms in total. The molecule has 3 aromatic rings. The zero-order valence-corrected chi connectivity index (χ0v) is 15.7. The molecule has 0 aliphatic carbocycles. The predicted molar refractivity (Wildman–Crippen MR) is 100 cm³/mol. The number of amides is 1. The average molecular weight is 376 g/mol. The molecule has 1 aromatic carbocycles. The molecule has 0 bridgehead atoms. The summed E-state index contributed by atoms with van der Waals surface area (Å²) in [5.74, 6) is 0.943. The third-order valence-electron chi connectivity index (χ3n) is 3.51. The van der Waals surface area contributed by atoms with Crippen LogP contribution in [0.4, 0.5) is 5.82 Å². The van der Waals surface area contributed by atoms with Gasteiger partial charge in [0.15, 0.2) is 5.82 Å². The summed E-state index contributed by atoms with van der Waals surface area (Å²) in [5.41, 5.74) is 1.40. The Morgan fingerprint density at radius 2 is 2.08 bits per heavy atom. The van der Waals surface area contributed by atoms with Gasteiger partial charge in [0.1, 0.15) is 10.8 Å². The minimum atomic E-state index is -0.190. The van der Waals surface area contributed by atoms with Crippen molar-refractivity contribution < 1.29 is 9.32 Å². The van der Waals surface area contributed by atoms with Gasteiger partial charge in [-0.3, -0.25) is 4.79 Å². The monoisotopic (exact) mass is 375 g/mol. The van der Waals surface area contributed by atoms with E-state index in [0.717, 1.165) is 16.3 Å². The quantitative estimate of drug-likeness (QED) is 0.702. The molecule has 0 atom stereocenters. The largest absolute Gasteiger partial charge is 0.359 e. The molecule has 0 spiro atoms. The van der Waals surface area contributed by atoms with Crippen LogP contribution >= 0.6 is 22.9 Å². The number of nitrogens with zero attached hydrogens (tertiary/aromatic N) is 2. The van der Waals surface area contributed by atoms with Crippen LogP contribution in [0.3, 0.4) is 0 Å². The van der Waals surface area contributed by atoms with Crippen molar-refractivity contribution in [2.75, 3.05) is 5.32 Å². The van der Waals surface area contributed by atoms with Crippen LogP contribution in [0.15, 0.2) is 40.2 Å². The van der Waals surface area contributed by atoms with Gasteiger partial charge in [-0.2, -0.15) is 0 Å². The zero-order valence-electron chi connectivity index (χ0n) is 14.2. The molecule has 0 aliphatic rings. The van der Waals surface area contributed by atoms with E-state index in [-0.39, 0.29) is 17.7 Å². The Balaban J connectivity index is 1.66. The van der Waals surface area contributed by atoms with Crippen molar-refractivity contribution in [2.45, 2.75) is 32.6 Å². The number of thiazole rings is 1. The van der Waals surface area contributed by atoms with Crippen molar-refractivity contribution >= 4 is 34.7 Å². The molecule has 1 N–H and O–H groups in total. The molecular formula is C18H18ClN3O2S. The number of nitrogens with one attached hydrogen (secondary N) is 1. The van der Waals surface area contributed by atoms with E-state index in [1.165, 1.54) is 11.3 Å². The maximum Gasteiger partial charge on any atom is 0.231 e. The number of rotatable bonds is 4. The summed E-state index contributed by atoms with van der Waals surface area (Å²) in [4.78, 5) is 16.7. The van der Waals surface area contributed by atoms with E-state index >= 15 is 0 Å². The Morgan fingerprint density at radius 1 is 1.32 bits per heavy atom. The lowest BCUT2D eigenvalue weighted by Crippen LogP contribution is -2.15. The Hall–Kier alpha value is -2.18. The molecule has 0 radical (unpaired) electrons. The SMILES string of the molecule is CC(C)(C)c1cc(NC(=O)Cc2csc(-c3ccccc3Cl)n2)no1. The van der Waals surface area contributed by atoms with Crippen LogP contribution in [0.1, 0.15) is 32.2 Å². The second kappa shape index (κ2) is 6.98. The Morgan fingerprint density at radius 3 is 2.76 bits per heavy atom. The molecule has 0 saturated heterocycles. The van der Waals surface area contributed by atoms with Crippen molar-refractivity contribution in [1.29, 1.82) is 0 Å². The normalized spacial score (nSPS) is 11.5. The number of hydrogen-bond acceptors (Lipinski definition) is 5. The number of aromatic nitrogens is 2. The molecular weight excluding hydrogens is 358 g/mol. The summed E-state index contributed by atoms with van der Waals surface area (Å²) in [7, 11) is 0. The number of carbonyl (C=O) groups excluding carboxylic acids is 1. The van der Waals surface area contributed by atoms with Gasteiger partial charge in [0.05, 0.1) is 17.1 Å². The van der Waals surface area contributed by atoms with Crippen LogP contribution in [0, 0.1) is 0 Å². The minimum Gasteiger partial charge on any atom is -0.359 e. The number of carbonyl (C=O) groups is 1. The van der Waals surface area contributed by atoms with Gasteiger partial charge in [-0.15, -0.1) is 11.3 Å². The van der Waals surface area contributed by atoms with E-state index in [2.05, 4.69) is 15.5 Å². The summed E-state index contributed by atoms with van der Waals surface area (Å²) in [5, 5.41) is 9.93. The lowest BCUT2D eigenvalue weighted by molar-refractivity contribution is -0.115. The molecule has 130 valence electrons. The van der Waals surface area contributed by atoms with Crippen molar-refractivity contribution in [1.82, 2.24) is 10.1 Å². The number of anilines is 1. The highest BCUT2D eigenvalue weighted by Crippen LogP contribution is 2.30. The van der Waals surface area contributed by atoms with Gasteiger partial charge in [0.2, 0.25) is 5.91 Å². The van der Waals surface area contributed by atoms with Crippen LogP contribution in [0.2, 0.25) is 5.02 Å². The van der Waals surface area contributed by atoms with E-state index in [1.54, 1.807) is 6.07 Å². The van der Waals surface area contributed by atoms with Crippen LogP contribution in [-0.2, 0) is 16.6 Å². The van der Waals surface area contributed by atoms with Gasteiger partial charge in [-0.1, -0.05) is 55.7 Å². The standard InChI is InChI=1S/C18H18ClN3O2S/c1-18(2,3)14-9-15(22-24-14)21-16(23)8-11-10-25-17(20-11)12-6-4-5-7-13(12)19/h4-7,9-10H,8H2,1-3H3,(H,21,22,23). The van der Waals surface area contributed by atoms with E-state index < -0.39 is 0 Å². The summed E-state index contributed by atoms with van der Waals surface area (Å²) in [6.07, 6.45) is 0.165. The molecule has 7 heteroatoms. The molecule has 3 rings (SSSR count). The van der Waals surface area contributed by atoms with Crippen molar-refractivity contribution in [3.8, 4) is 10.6 Å². The van der Waals surface area contributed by atoms with Gasteiger partial charge >= 0.3 is 0 Å². The molecule has 0 fully saturated rings. The van der Waals surface area contributed by atoms with Gasteiger partial charge in [0.25, 0.3) is 0 Å². The maximum atomic E-state index is 12.2. The molecule has 0 unspecified atom stereocenters. The van der Waals surface area contributed by atoms with E-state index in [4.69, 9.17) is 16.1 Å². The average Bonchev–Trinajstić information content (AvgIpc) is 3.17. The highest BCUT2D eigenvalue weighted by atomic mass is 35.5. The topological polar surface area (TPSA) is 68.0 Å². The van der Waals surface area contributed by atoms with E-state index in [1.807, 2.05) is 50.4 Å². The molecule has 2 aromatic heterocycles. The van der Waals surface area contributed by atoms with Crippen LogP contribution < -0.4 is 5.32 Å². The Bertz CT molecular complexity index is 896. The lowest BCUT2D eigenvalue weighted by atomic mass is 9.93. The number of halogens is 1. The smallest absolute Gasteiger partial charge is 0.231 e. The number of benzene rings is 1. The molecule has 25 heavy (non-hydrogen) atoms. The van der Waals surface area contributed by atoms with Crippen molar-refractivity contribution in [2.24, 2.45) is 0 Å². The Labute approximate surface area is 155 Å². The van der Waals surface area contributed by atoms with Crippen LogP contribution in [-0.4, -0.2) is 16.0 Å². The van der Waals surface area contributed by atoms with Gasteiger partial charge in [0, 0.05) is 22.4 Å². The van der Waals surface area contributed by atoms with Crippen LogP contribution in [0.25, 0.3) is 10.6 Å². The first-order valence-electron chi connectivity index (χ1n) is 7.79. The number of hydrogen-bond donors (Lipinski definition) is 1. The van der Waals surface area contributed by atoms with Crippen molar-refractivity contribution in [3.05, 3.63) is 52.2 Å². The summed E-state index contributed by atoms with van der Waals surface area (Å²) < 4.78 is 5.26. The lowest BCUT2D eigenvalue weighted by Gasteiger charge is -2.11. The molecule has 1 amide bonds. The Kier molecular flexibility index (Phi) is 4.92. The van der Waals surface area contributed by atoms with E-state index in [0.29, 0.717) is 16.5 Å². The fourth-order valence-corrected chi connectivity index (χ4v) is 3.33. The first-order valence-corrected chi connectivity index (χ1v) is 9.05. The molecule has 0 saturated carbocycles. The third-order valence-corrected chi connectivity index (χ3v) is 4.77. The molecule has 0 aliphatic heterocycles. The predicted octanol–water partition coefficient (Wildman–Crippen LogP) is 4.93. The maximum absolute atomic E-state index is 12.2. The summed E-state index contributed by atoms with van der Waals surface area (Å²) in [6.45, 7) is 6.06. The molecule has 2 heterocycles. The zero-order chi connectivity index (χ0) is 18.0. The first kappa shape index (κ1) is 17.6. The summed E-state index contributed by atoms with van der Waals surface area (Å²) >= 11 is 7.65. The highest BCUT2D eigenvalue weighted by Gasteiger charge is 2.20. The fraction of sp³-hybridized carbons (Fsp3) is 0.278. The second-order valence-corrected chi connectivity index (χ2v) is 7.94.